The largest absolute Gasteiger partial charge is 0.493 e. The average Bonchev–Trinajstić information content (AvgIpc) is 3.79. The van der Waals surface area contributed by atoms with Gasteiger partial charge < -0.3 is 19.3 Å². The van der Waals surface area contributed by atoms with E-state index < -0.39 is 17.1 Å². The Kier molecular flexibility index (Phi) is 5.47. The second kappa shape index (κ2) is 8.87. The summed E-state index contributed by atoms with van der Waals surface area (Å²) in [6, 6.07) is 23.9. The molecule has 2 spiro atoms. The molecule has 4 saturated carbocycles. The van der Waals surface area contributed by atoms with Gasteiger partial charge in [-0.3, -0.25) is 4.90 Å². The number of aliphatic hydroxyl groups is 1. The third-order valence-corrected chi connectivity index (χ3v) is 13.2. The molecule has 2 aliphatic heterocycles. The van der Waals surface area contributed by atoms with Crippen LogP contribution >= 0.6 is 0 Å². The number of methoxy groups -OCH3 is 2. The lowest BCUT2D eigenvalue weighted by Gasteiger charge is -2.76. The quantitative estimate of drug-likeness (QED) is 0.338. The number of fused-ring (bicyclic) bond motifs is 2. The molecule has 224 valence electrons. The van der Waals surface area contributed by atoms with E-state index in [9.17, 15) is 5.11 Å². The van der Waals surface area contributed by atoms with E-state index in [1.54, 1.807) is 7.11 Å². The Hall–Kier alpha value is -2.86. The van der Waals surface area contributed by atoms with Gasteiger partial charge in [-0.05, 0) is 85.7 Å². The van der Waals surface area contributed by atoms with Crippen LogP contribution in [0, 0.1) is 16.7 Å². The van der Waals surface area contributed by atoms with Crippen LogP contribution in [-0.4, -0.2) is 55.1 Å². The van der Waals surface area contributed by atoms with Gasteiger partial charge in [0.05, 0.1) is 13.2 Å². The zero-order valence-corrected chi connectivity index (χ0v) is 25.6. The Labute approximate surface area is 255 Å². The Bertz CT molecular complexity index is 1590. The Balaban J connectivity index is 1.20. The number of hydrogen-bond donors (Lipinski definition) is 1. The summed E-state index contributed by atoms with van der Waals surface area (Å²) in [6.07, 6.45) is 6.96. The summed E-state index contributed by atoms with van der Waals surface area (Å²) in [5, 5.41) is 12.6. The van der Waals surface area contributed by atoms with Crippen LogP contribution in [0.25, 0.3) is 11.1 Å². The van der Waals surface area contributed by atoms with Crippen LogP contribution in [0.3, 0.4) is 0 Å². The molecule has 5 nitrogen and oxygen atoms in total. The first kappa shape index (κ1) is 26.5. The molecule has 5 heteroatoms. The second-order valence-electron chi connectivity index (χ2n) is 14.7. The average molecular weight is 578 g/mol. The number of likely N-dealkylation sites (tertiary alicyclic amines) is 1. The molecule has 43 heavy (non-hydrogen) atoms. The van der Waals surface area contributed by atoms with Crippen molar-refractivity contribution in [3.8, 4) is 22.6 Å². The number of ether oxygens (including phenoxy) is 3. The van der Waals surface area contributed by atoms with E-state index in [1.165, 1.54) is 36.1 Å². The lowest BCUT2D eigenvalue weighted by atomic mass is 9.31. The van der Waals surface area contributed by atoms with Crippen molar-refractivity contribution in [2.75, 3.05) is 27.3 Å². The van der Waals surface area contributed by atoms with Gasteiger partial charge in [0.15, 0.2) is 11.5 Å². The molecule has 1 saturated heterocycles. The lowest BCUT2D eigenvalue weighted by Crippen LogP contribution is -2.83. The van der Waals surface area contributed by atoms with Crippen molar-refractivity contribution < 1.29 is 19.3 Å². The number of nitrogens with zero attached hydrogens (tertiary/aromatic N) is 1. The summed E-state index contributed by atoms with van der Waals surface area (Å²) in [4.78, 5) is 2.86. The van der Waals surface area contributed by atoms with Crippen LogP contribution in [0.1, 0.15) is 68.2 Å². The first-order chi connectivity index (χ1) is 20.9. The Morgan fingerprint density at radius 1 is 0.953 bits per heavy atom. The van der Waals surface area contributed by atoms with E-state index in [2.05, 4.69) is 72.5 Å². The van der Waals surface area contributed by atoms with Crippen molar-refractivity contribution in [2.24, 2.45) is 16.7 Å². The maximum Gasteiger partial charge on any atom is 0.165 e. The highest BCUT2D eigenvalue weighted by Crippen LogP contribution is 2.80. The number of aliphatic hydroxyl groups excluding tert-OH is 1. The molecule has 3 aromatic rings. The standard InChI is InChI=1S/C38H43NO4/c1-35(33(40)27-13-11-26(12-14-27)25-7-5-4-6-8-25)23-36-17-18-38(35,42-3)34-37(36)19-20-39(22-24-9-10-24)30(36)21-28-15-16-29(41-2)32(43-34)31(28)37/h4-8,11-16,24,30,33-34,40H,9-10,17-23H2,1-3H3/t30-,33?,34-,35-,36-,37+,38+/m1/s1. The normalized spacial score (nSPS) is 37.5. The molecular formula is C38H43NO4. The lowest BCUT2D eigenvalue weighted by molar-refractivity contribution is -0.324. The fourth-order valence-corrected chi connectivity index (χ4v) is 11.2. The van der Waals surface area contributed by atoms with Gasteiger partial charge in [0, 0.05) is 41.5 Å². The number of rotatable bonds is 7. The van der Waals surface area contributed by atoms with Crippen molar-refractivity contribution in [1.29, 1.82) is 0 Å². The van der Waals surface area contributed by atoms with Crippen LogP contribution in [0.15, 0.2) is 66.7 Å². The molecule has 5 fully saturated rings. The van der Waals surface area contributed by atoms with Gasteiger partial charge in [-0.1, -0.05) is 67.6 Å². The van der Waals surface area contributed by atoms with E-state index in [-0.39, 0.29) is 16.9 Å². The van der Waals surface area contributed by atoms with Crippen molar-refractivity contribution in [3.05, 3.63) is 83.4 Å². The molecule has 0 radical (unpaired) electrons. The highest BCUT2D eigenvalue weighted by atomic mass is 16.6. The summed E-state index contributed by atoms with van der Waals surface area (Å²) in [6.45, 7) is 4.63. The molecule has 10 rings (SSSR count). The van der Waals surface area contributed by atoms with Gasteiger partial charge in [-0.2, -0.15) is 0 Å². The van der Waals surface area contributed by atoms with E-state index in [1.807, 2.05) is 13.2 Å². The summed E-state index contributed by atoms with van der Waals surface area (Å²) in [7, 11) is 3.62. The molecule has 0 amide bonds. The van der Waals surface area contributed by atoms with E-state index in [0.29, 0.717) is 6.04 Å². The third-order valence-electron chi connectivity index (χ3n) is 13.2. The smallest absolute Gasteiger partial charge is 0.165 e. The fourth-order valence-electron chi connectivity index (χ4n) is 11.2. The predicted octanol–water partition coefficient (Wildman–Crippen LogP) is 6.71. The molecule has 1 N–H and O–H groups in total. The number of benzene rings is 3. The van der Waals surface area contributed by atoms with Gasteiger partial charge >= 0.3 is 0 Å². The van der Waals surface area contributed by atoms with Gasteiger partial charge in [0.2, 0.25) is 0 Å². The molecule has 7 atom stereocenters. The maximum absolute atomic E-state index is 12.6. The maximum atomic E-state index is 12.6. The number of hydrogen-bond acceptors (Lipinski definition) is 5. The van der Waals surface area contributed by atoms with Gasteiger partial charge in [-0.25, -0.2) is 0 Å². The van der Waals surface area contributed by atoms with E-state index in [0.717, 1.165) is 67.2 Å². The van der Waals surface area contributed by atoms with Gasteiger partial charge in [0.25, 0.3) is 0 Å². The summed E-state index contributed by atoms with van der Waals surface area (Å²) in [5.74, 6) is 2.62. The minimum atomic E-state index is -0.681. The topological polar surface area (TPSA) is 51.2 Å². The molecule has 2 heterocycles. The SMILES string of the molecule is COc1ccc2c3c1O[C@H]1[C@@]4(OC)CC[C@@]5(C[C@]4(C)C(O)c4ccc(-c6ccccc6)cc4)[C@@H](C2)N(CC2CC2)CC[C@]315. The predicted molar refractivity (Wildman–Crippen MR) is 166 cm³/mol. The van der Waals surface area contributed by atoms with Crippen molar-refractivity contribution in [3.63, 3.8) is 0 Å². The van der Waals surface area contributed by atoms with Crippen LogP contribution in [0.5, 0.6) is 11.5 Å². The fraction of sp³-hybridized carbons (Fsp3) is 0.526. The van der Waals surface area contributed by atoms with E-state index in [4.69, 9.17) is 14.2 Å². The highest BCUT2D eigenvalue weighted by molar-refractivity contribution is 5.65. The minimum absolute atomic E-state index is 0.00934. The first-order valence-electron chi connectivity index (χ1n) is 16.4. The number of piperidine rings is 1. The minimum Gasteiger partial charge on any atom is -0.493 e. The van der Waals surface area contributed by atoms with Gasteiger partial charge in [-0.15, -0.1) is 0 Å². The van der Waals surface area contributed by atoms with Crippen LogP contribution in [0.4, 0.5) is 0 Å². The van der Waals surface area contributed by atoms with Crippen molar-refractivity contribution in [2.45, 2.75) is 81.1 Å². The zero-order chi connectivity index (χ0) is 29.2. The molecule has 4 bridgehead atoms. The van der Waals surface area contributed by atoms with Crippen molar-refractivity contribution in [1.82, 2.24) is 4.90 Å². The molecule has 5 aliphatic carbocycles. The zero-order valence-electron chi connectivity index (χ0n) is 25.6. The van der Waals surface area contributed by atoms with Crippen molar-refractivity contribution >= 4 is 0 Å². The summed E-state index contributed by atoms with van der Waals surface area (Å²) < 4.78 is 20.0. The van der Waals surface area contributed by atoms with Gasteiger partial charge in [0.1, 0.15) is 11.7 Å². The monoisotopic (exact) mass is 577 g/mol. The first-order valence-corrected chi connectivity index (χ1v) is 16.4. The summed E-state index contributed by atoms with van der Waals surface area (Å²) >= 11 is 0. The highest BCUT2D eigenvalue weighted by Gasteiger charge is 2.84. The molecule has 7 aliphatic rings. The Morgan fingerprint density at radius 2 is 1.72 bits per heavy atom. The molecular weight excluding hydrogens is 534 g/mol. The van der Waals surface area contributed by atoms with Crippen LogP contribution in [0.2, 0.25) is 0 Å². The second-order valence-corrected chi connectivity index (χ2v) is 14.7. The van der Waals surface area contributed by atoms with Crippen LogP contribution in [-0.2, 0) is 16.6 Å². The molecule has 0 aromatic heterocycles. The Morgan fingerprint density at radius 3 is 2.44 bits per heavy atom. The van der Waals surface area contributed by atoms with E-state index >= 15 is 0 Å². The molecule has 3 aromatic carbocycles. The van der Waals surface area contributed by atoms with Crippen LogP contribution < -0.4 is 9.47 Å². The molecule has 1 unspecified atom stereocenters. The third kappa shape index (κ3) is 3.14. The summed E-state index contributed by atoms with van der Waals surface area (Å²) in [5.41, 5.74) is 4.88.